The molecule has 2 atom stereocenters. The van der Waals surface area contributed by atoms with Gasteiger partial charge in [0, 0.05) is 22.6 Å². The van der Waals surface area contributed by atoms with E-state index in [1.807, 2.05) is 29.6 Å². The third-order valence-corrected chi connectivity index (χ3v) is 8.14. The molecule has 1 fully saturated rings. The molecule has 0 unspecified atom stereocenters. The van der Waals surface area contributed by atoms with Crippen molar-refractivity contribution in [1.82, 2.24) is 4.90 Å². The lowest BCUT2D eigenvalue weighted by Gasteiger charge is -2.32. The summed E-state index contributed by atoms with van der Waals surface area (Å²) in [5, 5.41) is 1.99. The lowest BCUT2D eigenvalue weighted by atomic mass is 10.1. The van der Waals surface area contributed by atoms with Crippen LogP contribution in [0.15, 0.2) is 41.8 Å². The Morgan fingerprint density at radius 2 is 2.07 bits per heavy atom. The molecule has 27 heavy (non-hydrogen) atoms. The van der Waals surface area contributed by atoms with Gasteiger partial charge in [-0.25, -0.2) is 8.42 Å². The highest BCUT2D eigenvalue weighted by molar-refractivity contribution is 7.91. The normalized spacial score (nSPS) is 23.4. The van der Waals surface area contributed by atoms with Gasteiger partial charge in [-0.3, -0.25) is 4.79 Å². The number of hydrogen-bond acceptors (Lipinski definition) is 5. The van der Waals surface area contributed by atoms with E-state index in [1.165, 1.54) is 5.56 Å². The second-order valence-electron chi connectivity index (χ2n) is 7.47. The van der Waals surface area contributed by atoms with Gasteiger partial charge in [-0.1, -0.05) is 24.3 Å². The van der Waals surface area contributed by atoms with Crippen LogP contribution in [0.5, 0.6) is 0 Å². The minimum Gasteiger partial charge on any atom is -0.359 e. The summed E-state index contributed by atoms with van der Waals surface area (Å²) in [6, 6.07) is 12.2. The summed E-state index contributed by atoms with van der Waals surface area (Å²) in [7, 11) is -3.04. The minimum atomic E-state index is -3.04. The van der Waals surface area contributed by atoms with Gasteiger partial charge in [-0.15, -0.1) is 11.3 Å². The van der Waals surface area contributed by atoms with Crippen molar-refractivity contribution in [2.75, 3.05) is 23.0 Å². The van der Waals surface area contributed by atoms with E-state index in [4.69, 9.17) is 0 Å². The molecule has 4 rings (SSSR count). The molecule has 1 aromatic carbocycles. The average molecular weight is 405 g/mol. The standard InChI is InChI=1S/C20H24N2O3S2/c1-15-11-16-5-2-3-7-19(16)21(15)13-20(23)22(12-18-6-4-9-26-18)17-8-10-27(24,25)14-17/h2-7,9,15,17H,8,10-14H2,1H3/t15-,17-/m0/s1. The molecule has 0 radical (unpaired) electrons. The zero-order chi connectivity index (χ0) is 19.0. The summed E-state index contributed by atoms with van der Waals surface area (Å²) in [4.78, 5) is 18.3. The molecule has 0 aliphatic carbocycles. The Labute approximate surface area is 164 Å². The SMILES string of the molecule is C[C@H]1Cc2ccccc2N1CC(=O)N(Cc1cccs1)[C@H]1CCS(=O)(=O)C1. The predicted octanol–water partition coefficient (Wildman–Crippen LogP) is 2.72. The molecule has 7 heteroatoms. The number of nitrogens with zero attached hydrogens (tertiary/aromatic N) is 2. The smallest absolute Gasteiger partial charge is 0.242 e. The van der Waals surface area contributed by atoms with Gasteiger partial charge in [-0.2, -0.15) is 0 Å². The zero-order valence-electron chi connectivity index (χ0n) is 15.4. The molecule has 2 aliphatic rings. The average Bonchev–Trinajstić information content (AvgIpc) is 3.33. The summed E-state index contributed by atoms with van der Waals surface area (Å²) in [5.74, 6) is 0.263. The topological polar surface area (TPSA) is 57.7 Å². The second kappa shape index (κ2) is 7.28. The van der Waals surface area contributed by atoms with Crippen LogP contribution < -0.4 is 4.90 Å². The molecular formula is C20H24N2O3S2. The first kappa shape index (κ1) is 18.5. The van der Waals surface area contributed by atoms with Gasteiger partial charge in [0.1, 0.15) is 0 Å². The highest BCUT2D eigenvalue weighted by Gasteiger charge is 2.36. The van der Waals surface area contributed by atoms with E-state index in [0.29, 0.717) is 19.5 Å². The van der Waals surface area contributed by atoms with Crippen LogP contribution in [0.1, 0.15) is 23.8 Å². The molecule has 0 N–H and O–H groups in total. The van der Waals surface area contributed by atoms with Gasteiger partial charge >= 0.3 is 0 Å². The lowest BCUT2D eigenvalue weighted by Crippen LogP contribution is -2.47. The van der Waals surface area contributed by atoms with Crippen molar-refractivity contribution in [3.63, 3.8) is 0 Å². The van der Waals surface area contributed by atoms with E-state index in [2.05, 4.69) is 24.0 Å². The zero-order valence-corrected chi connectivity index (χ0v) is 17.0. The third kappa shape index (κ3) is 3.89. The molecule has 1 saturated heterocycles. The van der Waals surface area contributed by atoms with Crippen LogP contribution in [0, 0.1) is 0 Å². The fourth-order valence-electron chi connectivity index (χ4n) is 4.12. The van der Waals surface area contributed by atoms with E-state index in [1.54, 1.807) is 16.2 Å². The van der Waals surface area contributed by atoms with Crippen LogP contribution in [0.25, 0.3) is 0 Å². The van der Waals surface area contributed by atoms with Crippen molar-refractivity contribution in [2.24, 2.45) is 0 Å². The lowest BCUT2D eigenvalue weighted by molar-refractivity contribution is -0.132. The number of thiophene rings is 1. The first-order valence-electron chi connectivity index (χ1n) is 9.30. The number of anilines is 1. The van der Waals surface area contributed by atoms with Crippen molar-refractivity contribution in [2.45, 2.75) is 38.4 Å². The van der Waals surface area contributed by atoms with Crippen LogP contribution in [0.4, 0.5) is 5.69 Å². The van der Waals surface area contributed by atoms with Crippen LogP contribution in [-0.2, 0) is 27.6 Å². The number of carbonyl (C=O) groups excluding carboxylic acids is 1. The van der Waals surface area contributed by atoms with Crippen LogP contribution >= 0.6 is 11.3 Å². The molecule has 1 amide bonds. The Morgan fingerprint density at radius 3 is 2.78 bits per heavy atom. The van der Waals surface area contributed by atoms with E-state index >= 15 is 0 Å². The van der Waals surface area contributed by atoms with Crippen molar-refractivity contribution in [3.8, 4) is 0 Å². The number of amides is 1. The van der Waals surface area contributed by atoms with Gasteiger partial charge in [0.2, 0.25) is 5.91 Å². The molecule has 0 spiro atoms. The molecule has 5 nitrogen and oxygen atoms in total. The highest BCUT2D eigenvalue weighted by atomic mass is 32.2. The van der Waals surface area contributed by atoms with Gasteiger partial charge in [0.05, 0.1) is 24.6 Å². The number of benzene rings is 1. The summed E-state index contributed by atoms with van der Waals surface area (Å²) in [6.45, 7) is 2.91. The Morgan fingerprint density at radius 1 is 1.26 bits per heavy atom. The Hall–Kier alpha value is -1.86. The Bertz CT molecular complexity index is 924. The number of carbonyl (C=O) groups is 1. The largest absolute Gasteiger partial charge is 0.359 e. The molecule has 2 aliphatic heterocycles. The number of rotatable bonds is 5. The van der Waals surface area contributed by atoms with E-state index in [0.717, 1.165) is 17.0 Å². The van der Waals surface area contributed by atoms with E-state index < -0.39 is 9.84 Å². The molecule has 0 bridgehead atoms. The summed E-state index contributed by atoms with van der Waals surface area (Å²) < 4.78 is 24.0. The van der Waals surface area contributed by atoms with Crippen molar-refractivity contribution < 1.29 is 13.2 Å². The van der Waals surface area contributed by atoms with Crippen LogP contribution in [0.3, 0.4) is 0 Å². The fraction of sp³-hybridized carbons (Fsp3) is 0.450. The number of sulfone groups is 1. The molecule has 2 aromatic rings. The summed E-state index contributed by atoms with van der Waals surface area (Å²) >= 11 is 1.60. The van der Waals surface area contributed by atoms with Gasteiger partial charge in [0.25, 0.3) is 0 Å². The minimum absolute atomic E-state index is 0.00838. The number of para-hydroxylation sites is 1. The summed E-state index contributed by atoms with van der Waals surface area (Å²) in [6.07, 6.45) is 1.47. The van der Waals surface area contributed by atoms with Gasteiger partial charge in [0.15, 0.2) is 9.84 Å². The highest BCUT2D eigenvalue weighted by Crippen LogP contribution is 2.32. The maximum atomic E-state index is 13.3. The van der Waals surface area contributed by atoms with Crippen LogP contribution in [0.2, 0.25) is 0 Å². The Kier molecular flexibility index (Phi) is 4.99. The maximum absolute atomic E-state index is 13.3. The van der Waals surface area contributed by atoms with Gasteiger partial charge in [-0.05, 0) is 42.8 Å². The van der Waals surface area contributed by atoms with Gasteiger partial charge < -0.3 is 9.80 Å². The van der Waals surface area contributed by atoms with Crippen molar-refractivity contribution >= 4 is 32.8 Å². The molecule has 1 aromatic heterocycles. The molecule has 3 heterocycles. The predicted molar refractivity (Wildman–Crippen MR) is 109 cm³/mol. The fourth-order valence-corrected chi connectivity index (χ4v) is 6.55. The first-order chi connectivity index (χ1) is 12.9. The van der Waals surface area contributed by atoms with E-state index in [-0.39, 0.29) is 29.5 Å². The molecular weight excluding hydrogens is 380 g/mol. The van der Waals surface area contributed by atoms with Crippen LogP contribution in [-0.4, -0.2) is 49.4 Å². The third-order valence-electron chi connectivity index (χ3n) is 5.53. The Balaban J connectivity index is 1.55. The first-order valence-corrected chi connectivity index (χ1v) is 12.0. The van der Waals surface area contributed by atoms with E-state index in [9.17, 15) is 13.2 Å². The maximum Gasteiger partial charge on any atom is 0.242 e. The quantitative estimate of drug-likeness (QED) is 0.769. The monoisotopic (exact) mass is 404 g/mol. The molecule has 144 valence electrons. The summed E-state index contributed by atoms with van der Waals surface area (Å²) in [5.41, 5.74) is 2.39. The number of hydrogen-bond donors (Lipinski definition) is 0. The van der Waals surface area contributed by atoms with Crippen molar-refractivity contribution in [1.29, 1.82) is 0 Å². The second-order valence-corrected chi connectivity index (χ2v) is 10.7. The number of fused-ring (bicyclic) bond motifs is 1. The van der Waals surface area contributed by atoms with Crippen molar-refractivity contribution in [3.05, 3.63) is 52.2 Å². The molecule has 0 saturated carbocycles.